The van der Waals surface area contributed by atoms with Crippen LogP contribution >= 0.6 is 0 Å². The van der Waals surface area contributed by atoms with E-state index in [0.717, 1.165) is 42.0 Å². The van der Waals surface area contributed by atoms with Gasteiger partial charge in [-0.15, -0.1) is 0 Å². The number of hydrogen-bond acceptors (Lipinski definition) is 5. The van der Waals surface area contributed by atoms with E-state index in [1.165, 1.54) is 0 Å². The molecule has 4 rings (SSSR count). The maximum atomic E-state index is 12.3. The van der Waals surface area contributed by atoms with Crippen molar-refractivity contribution in [2.24, 2.45) is 0 Å². The summed E-state index contributed by atoms with van der Waals surface area (Å²) in [4.78, 5) is 14.6. The molecule has 0 radical (unpaired) electrons. The molecule has 0 bridgehead atoms. The Morgan fingerprint density at radius 2 is 2.00 bits per heavy atom. The van der Waals surface area contributed by atoms with Crippen molar-refractivity contribution >= 4 is 11.1 Å². The molecule has 3 aromatic rings. The average molecular weight is 354 g/mol. The summed E-state index contributed by atoms with van der Waals surface area (Å²) in [6, 6.07) is 13.6. The second kappa shape index (κ2) is 6.88. The van der Waals surface area contributed by atoms with E-state index in [0.29, 0.717) is 12.3 Å². The molecule has 0 unspecified atom stereocenters. The molecule has 0 aliphatic carbocycles. The van der Waals surface area contributed by atoms with Crippen LogP contribution < -0.4 is 15.2 Å². The average Bonchev–Trinajstić information content (AvgIpc) is 3.26. The molecule has 1 fully saturated rings. The third kappa shape index (κ3) is 2.86. The van der Waals surface area contributed by atoms with Gasteiger partial charge < -0.3 is 13.9 Å². The summed E-state index contributed by atoms with van der Waals surface area (Å²) in [5.74, 6) is 1.26. The van der Waals surface area contributed by atoms with E-state index in [1.807, 2.05) is 36.4 Å². The molecule has 0 spiro atoms. The van der Waals surface area contributed by atoms with Gasteiger partial charge in [-0.25, -0.2) is 4.79 Å². The molecular formula is C20H22N2O4. The highest BCUT2D eigenvalue weighted by molar-refractivity contribution is 5.72. The van der Waals surface area contributed by atoms with Crippen molar-refractivity contribution in [2.45, 2.75) is 25.6 Å². The van der Waals surface area contributed by atoms with Crippen LogP contribution in [0.2, 0.25) is 0 Å². The highest BCUT2D eigenvalue weighted by Gasteiger charge is 2.29. The molecule has 0 N–H and O–H groups in total. The van der Waals surface area contributed by atoms with Crippen LogP contribution in [0.3, 0.4) is 0 Å². The van der Waals surface area contributed by atoms with Crippen molar-refractivity contribution in [3.05, 3.63) is 58.6 Å². The number of ether oxygens (including phenoxy) is 2. The van der Waals surface area contributed by atoms with Gasteiger partial charge in [-0.2, -0.15) is 0 Å². The number of benzene rings is 2. The number of fused-ring (bicyclic) bond motifs is 1. The monoisotopic (exact) mass is 354 g/mol. The van der Waals surface area contributed by atoms with Crippen LogP contribution in [0.25, 0.3) is 11.1 Å². The predicted molar refractivity (Wildman–Crippen MR) is 98.7 cm³/mol. The molecule has 26 heavy (non-hydrogen) atoms. The van der Waals surface area contributed by atoms with Crippen molar-refractivity contribution in [3.63, 3.8) is 0 Å². The van der Waals surface area contributed by atoms with Gasteiger partial charge in [0.05, 0.1) is 26.4 Å². The second-order valence-electron chi connectivity index (χ2n) is 6.48. The molecule has 1 aliphatic heterocycles. The number of para-hydroxylation sites is 2. The molecule has 1 aromatic heterocycles. The fraction of sp³-hybridized carbons (Fsp3) is 0.350. The lowest BCUT2D eigenvalue weighted by Gasteiger charge is -2.26. The first-order valence-electron chi connectivity index (χ1n) is 8.75. The van der Waals surface area contributed by atoms with E-state index < -0.39 is 0 Å². The van der Waals surface area contributed by atoms with Gasteiger partial charge in [0.2, 0.25) is 0 Å². The van der Waals surface area contributed by atoms with Crippen molar-refractivity contribution in [2.75, 3.05) is 20.8 Å². The Kier molecular flexibility index (Phi) is 4.42. The second-order valence-corrected chi connectivity index (χ2v) is 6.48. The van der Waals surface area contributed by atoms with Gasteiger partial charge in [0.15, 0.2) is 5.58 Å². The van der Waals surface area contributed by atoms with Crippen LogP contribution in [-0.4, -0.2) is 30.2 Å². The summed E-state index contributed by atoms with van der Waals surface area (Å²) in [7, 11) is 3.32. The van der Waals surface area contributed by atoms with Crippen molar-refractivity contribution in [1.82, 2.24) is 9.47 Å². The summed E-state index contributed by atoms with van der Waals surface area (Å²) in [6.45, 7) is 1.42. The van der Waals surface area contributed by atoms with Crippen LogP contribution in [0.4, 0.5) is 0 Å². The number of methoxy groups -OCH3 is 2. The van der Waals surface area contributed by atoms with Crippen molar-refractivity contribution in [3.8, 4) is 11.5 Å². The minimum absolute atomic E-state index is 0.191. The largest absolute Gasteiger partial charge is 0.497 e. The molecular weight excluding hydrogens is 332 g/mol. The topological polar surface area (TPSA) is 56.8 Å². The minimum atomic E-state index is -0.321. The molecule has 6 heteroatoms. The van der Waals surface area contributed by atoms with Gasteiger partial charge in [0.1, 0.15) is 11.5 Å². The lowest BCUT2D eigenvalue weighted by molar-refractivity contribution is 0.194. The van der Waals surface area contributed by atoms with Crippen LogP contribution in [0, 0.1) is 0 Å². The van der Waals surface area contributed by atoms with Crippen molar-refractivity contribution in [1.29, 1.82) is 0 Å². The van der Waals surface area contributed by atoms with Crippen LogP contribution in [0.15, 0.2) is 51.7 Å². The molecule has 0 amide bonds. The maximum Gasteiger partial charge on any atom is 0.421 e. The fourth-order valence-corrected chi connectivity index (χ4v) is 3.77. The van der Waals surface area contributed by atoms with Crippen LogP contribution in [0.5, 0.6) is 11.5 Å². The Balaban J connectivity index is 1.67. The van der Waals surface area contributed by atoms with Gasteiger partial charge in [-0.1, -0.05) is 18.2 Å². The molecule has 0 saturated carbocycles. The zero-order valence-electron chi connectivity index (χ0n) is 15.0. The van der Waals surface area contributed by atoms with Crippen LogP contribution in [0.1, 0.15) is 24.4 Å². The normalized spacial score (nSPS) is 17.7. The molecule has 1 aliphatic rings. The molecule has 6 nitrogen and oxygen atoms in total. The number of hydrogen-bond donors (Lipinski definition) is 0. The number of likely N-dealkylation sites (tertiary alicyclic amines) is 1. The van der Waals surface area contributed by atoms with Crippen molar-refractivity contribution < 1.29 is 13.9 Å². The van der Waals surface area contributed by atoms with E-state index in [4.69, 9.17) is 13.9 Å². The summed E-state index contributed by atoms with van der Waals surface area (Å²) < 4.78 is 17.9. The highest BCUT2D eigenvalue weighted by Crippen LogP contribution is 2.39. The van der Waals surface area contributed by atoms with Gasteiger partial charge >= 0.3 is 5.76 Å². The summed E-state index contributed by atoms with van der Waals surface area (Å²) in [5.41, 5.74) is 2.56. The van der Waals surface area contributed by atoms with Gasteiger partial charge in [0.25, 0.3) is 0 Å². The Hall–Kier alpha value is -2.73. The molecule has 136 valence electrons. The lowest BCUT2D eigenvalue weighted by atomic mass is 10.0. The third-order valence-corrected chi connectivity index (χ3v) is 5.06. The number of oxazole rings is 1. The Morgan fingerprint density at radius 1 is 1.15 bits per heavy atom. The first-order chi connectivity index (χ1) is 12.7. The standard InChI is InChI=1S/C20H22N2O4/c1-24-14-9-10-15(19(12-14)25-2)16-7-5-11-21(16)13-22-17-6-3-4-8-18(17)26-20(22)23/h3-4,6,8-10,12,16H,5,7,11,13H2,1-2H3/t16-/m0/s1. The first kappa shape index (κ1) is 16.7. The van der Waals surface area contributed by atoms with Crippen LogP contribution in [-0.2, 0) is 6.67 Å². The summed E-state index contributed by atoms with van der Waals surface area (Å²) in [6.07, 6.45) is 2.09. The molecule has 1 saturated heterocycles. The Labute approximate surface area is 151 Å². The smallest absolute Gasteiger partial charge is 0.421 e. The number of aromatic nitrogens is 1. The Bertz CT molecular complexity index is 975. The fourth-order valence-electron chi connectivity index (χ4n) is 3.77. The molecule has 1 atom stereocenters. The number of rotatable bonds is 5. The zero-order valence-corrected chi connectivity index (χ0v) is 15.0. The van der Waals surface area contributed by atoms with E-state index in [1.54, 1.807) is 18.8 Å². The predicted octanol–water partition coefficient (Wildman–Crippen LogP) is 3.41. The lowest BCUT2D eigenvalue weighted by Crippen LogP contribution is -2.30. The third-order valence-electron chi connectivity index (χ3n) is 5.06. The van der Waals surface area contributed by atoms with Gasteiger partial charge in [0, 0.05) is 24.2 Å². The summed E-state index contributed by atoms with van der Waals surface area (Å²) in [5, 5.41) is 0. The SMILES string of the molecule is COc1ccc([C@@H]2CCCN2Cn2c(=O)oc3ccccc32)c(OC)c1. The maximum absolute atomic E-state index is 12.3. The molecule has 2 aromatic carbocycles. The van der Waals surface area contributed by atoms with E-state index >= 15 is 0 Å². The summed E-state index contributed by atoms with van der Waals surface area (Å²) >= 11 is 0. The molecule has 2 heterocycles. The Morgan fingerprint density at radius 3 is 2.81 bits per heavy atom. The van der Waals surface area contributed by atoms with Gasteiger partial charge in [-0.05, 0) is 31.0 Å². The van der Waals surface area contributed by atoms with E-state index in [-0.39, 0.29) is 11.8 Å². The number of nitrogens with zero attached hydrogens (tertiary/aromatic N) is 2. The minimum Gasteiger partial charge on any atom is -0.497 e. The van der Waals surface area contributed by atoms with E-state index in [9.17, 15) is 4.79 Å². The zero-order chi connectivity index (χ0) is 18.1. The first-order valence-corrected chi connectivity index (χ1v) is 8.75. The van der Waals surface area contributed by atoms with E-state index in [2.05, 4.69) is 11.0 Å². The highest BCUT2D eigenvalue weighted by atomic mass is 16.5. The van der Waals surface area contributed by atoms with Gasteiger partial charge in [-0.3, -0.25) is 9.47 Å². The quantitative estimate of drug-likeness (QED) is 0.703.